The van der Waals surface area contributed by atoms with Crippen LogP contribution in [0.2, 0.25) is 18.6 Å². The van der Waals surface area contributed by atoms with Gasteiger partial charge in [0.2, 0.25) is 5.91 Å². The maximum Gasteiger partial charge on any atom is 0.228 e. The van der Waals surface area contributed by atoms with Crippen molar-refractivity contribution in [1.29, 1.82) is 0 Å². The van der Waals surface area contributed by atoms with E-state index in [1.807, 2.05) is 61.8 Å². The molecule has 34 heavy (non-hydrogen) atoms. The van der Waals surface area contributed by atoms with Gasteiger partial charge in [0, 0.05) is 53.5 Å². The number of aromatic nitrogens is 1. The standard InChI is InChI=1S/C26H34N2O5Si/c1-16-25(32-2)20-14-18(9-10-22(20)33-26(16)23(11-12-29)34(3,4)31)28-24(30)13-17-15-27-21-8-6-5-7-19(17)21/h5-10,14-16,23,25-27,29,31H,11-13H2,1-4H3,(H,28,30)/t16-,23?,25-,26-/m1/s1. The van der Waals surface area contributed by atoms with Crippen LogP contribution in [0.25, 0.3) is 10.9 Å². The molecule has 8 heteroatoms. The molecule has 1 aromatic heterocycles. The number of hydrogen-bond donors (Lipinski definition) is 4. The number of aliphatic hydroxyl groups excluding tert-OH is 1. The van der Waals surface area contributed by atoms with Gasteiger partial charge in [0.15, 0.2) is 8.32 Å². The summed E-state index contributed by atoms with van der Waals surface area (Å²) in [5.74, 6) is 0.549. The van der Waals surface area contributed by atoms with Gasteiger partial charge in [-0.25, -0.2) is 0 Å². The van der Waals surface area contributed by atoms with E-state index in [-0.39, 0.29) is 42.6 Å². The van der Waals surface area contributed by atoms with Gasteiger partial charge in [-0.15, -0.1) is 0 Å². The number of benzene rings is 2. The molecule has 2 aromatic carbocycles. The minimum absolute atomic E-state index is 0.000140. The summed E-state index contributed by atoms with van der Waals surface area (Å²) in [5.41, 5.74) is 3.39. The van der Waals surface area contributed by atoms with Crippen molar-refractivity contribution in [3.8, 4) is 5.75 Å². The highest BCUT2D eigenvalue weighted by Gasteiger charge is 2.46. The molecule has 4 N–H and O–H groups in total. The van der Waals surface area contributed by atoms with E-state index in [2.05, 4.69) is 17.2 Å². The first-order chi connectivity index (χ1) is 16.2. The second-order valence-corrected chi connectivity index (χ2v) is 13.8. The second kappa shape index (κ2) is 9.91. The number of fused-ring (bicyclic) bond motifs is 2. The summed E-state index contributed by atoms with van der Waals surface area (Å²) in [6.07, 6.45) is 2.11. The molecule has 0 bridgehead atoms. The van der Waals surface area contributed by atoms with Crippen LogP contribution in [0.3, 0.4) is 0 Å². The molecular formula is C26H34N2O5Si. The van der Waals surface area contributed by atoms with Crippen LogP contribution in [0, 0.1) is 5.92 Å². The van der Waals surface area contributed by atoms with E-state index in [0.717, 1.165) is 22.0 Å². The number of aliphatic hydroxyl groups is 1. The summed E-state index contributed by atoms with van der Waals surface area (Å²) >= 11 is 0. The maximum absolute atomic E-state index is 12.8. The summed E-state index contributed by atoms with van der Waals surface area (Å²) < 4.78 is 12.2. The van der Waals surface area contributed by atoms with E-state index in [1.54, 1.807) is 7.11 Å². The zero-order valence-corrected chi connectivity index (χ0v) is 21.2. The number of rotatable bonds is 8. The third-order valence-corrected chi connectivity index (χ3v) is 9.31. The van der Waals surface area contributed by atoms with Gasteiger partial charge in [-0.3, -0.25) is 4.79 Å². The van der Waals surface area contributed by atoms with Gasteiger partial charge in [-0.1, -0.05) is 25.1 Å². The van der Waals surface area contributed by atoms with Crippen LogP contribution in [-0.2, 0) is 16.0 Å². The number of anilines is 1. The number of amides is 1. The fraction of sp³-hybridized carbons (Fsp3) is 0.423. The van der Waals surface area contributed by atoms with Crippen LogP contribution in [0.5, 0.6) is 5.75 Å². The molecule has 1 amide bonds. The molecule has 0 aliphatic carbocycles. The van der Waals surface area contributed by atoms with Crippen LogP contribution in [0.4, 0.5) is 5.69 Å². The highest BCUT2D eigenvalue weighted by Crippen LogP contribution is 2.47. The predicted molar refractivity (Wildman–Crippen MR) is 136 cm³/mol. The number of carbonyl (C=O) groups excluding carboxylic acids is 1. The number of nitrogens with one attached hydrogen (secondary N) is 2. The summed E-state index contributed by atoms with van der Waals surface area (Å²) in [6.45, 7) is 5.81. The molecule has 0 saturated heterocycles. The Morgan fingerprint density at radius 2 is 2.03 bits per heavy atom. The number of methoxy groups -OCH3 is 1. The monoisotopic (exact) mass is 482 g/mol. The van der Waals surface area contributed by atoms with Crippen molar-refractivity contribution < 1.29 is 24.2 Å². The van der Waals surface area contributed by atoms with E-state index in [1.165, 1.54) is 0 Å². The Balaban J connectivity index is 1.54. The maximum atomic E-state index is 12.8. The zero-order valence-electron chi connectivity index (χ0n) is 20.2. The van der Waals surface area contributed by atoms with Crippen molar-refractivity contribution >= 4 is 30.8 Å². The van der Waals surface area contributed by atoms with Gasteiger partial charge in [0.05, 0.1) is 12.5 Å². The number of hydrogen-bond acceptors (Lipinski definition) is 5. The van der Waals surface area contributed by atoms with Crippen molar-refractivity contribution in [3.05, 3.63) is 59.8 Å². The fourth-order valence-electron chi connectivity index (χ4n) is 5.17. The van der Waals surface area contributed by atoms with Crippen molar-refractivity contribution in [2.45, 2.75) is 50.6 Å². The Kier molecular flexibility index (Phi) is 7.13. The van der Waals surface area contributed by atoms with Gasteiger partial charge < -0.3 is 29.7 Å². The topological polar surface area (TPSA) is 104 Å². The molecule has 4 rings (SSSR count). The Morgan fingerprint density at radius 1 is 1.26 bits per heavy atom. The highest BCUT2D eigenvalue weighted by molar-refractivity contribution is 6.71. The van der Waals surface area contributed by atoms with Gasteiger partial charge in [0.25, 0.3) is 0 Å². The molecule has 1 aliphatic heterocycles. The first kappa shape index (κ1) is 24.5. The second-order valence-electron chi connectivity index (χ2n) is 9.71. The number of ether oxygens (including phenoxy) is 2. The summed E-state index contributed by atoms with van der Waals surface area (Å²) in [5, 5.41) is 13.6. The third-order valence-electron chi connectivity index (χ3n) is 6.88. The highest BCUT2D eigenvalue weighted by atomic mass is 28.4. The fourth-order valence-corrected chi connectivity index (χ4v) is 7.18. The van der Waals surface area contributed by atoms with Crippen molar-refractivity contribution in [1.82, 2.24) is 4.98 Å². The third kappa shape index (κ3) is 4.90. The largest absolute Gasteiger partial charge is 0.490 e. The smallest absolute Gasteiger partial charge is 0.228 e. The first-order valence-electron chi connectivity index (χ1n) is 11.7. The van der Waals surface area contributed by atoms with Crippen molar-refractivity contribution in [3.63, 3.8) is 0 Å². The van der Waals surface area contributed by atoms with Gasteiger partial charge in [-0.05, 0) is 49.3 Å². The lowest BCUT2D eigenvalue weighted by molar-refractivity contribution is -0.115. The number of aromatic amines is 1. The van der Waals surface area contributed by atoms with Gasteiger partial charge >= 0.3 is 0 Å². The van der Waals surface area contributed by atoms with Crippen LogP contribution in [-0.4, -0.2) is 48.9 Å². The minimum Gasteiger partial charge on any atom is -0.490 e. The van der Waals surface area contributed by atoms with Crippen LogP contribution < -0.4 is 10.1 Å². The Morgan fingerprint density at radius 3 is 2.74 bits per heavy atom. The molecule has 3 aromatic rings. The summed E-state index contributed by atoms with van der Waals surface area (Å²) in [4.78, 5) is 26.9. The van der Waals surface area contributed by atoms with Crippen molar-refractivity contribution in [2.75, 3.05) is 19.0 Å². The molecule has 0 fully saturated rings. The van der Waals surface area contributed by atoms with Crippen LogP contribution >= 0.6 is 0 Å². The molecule has 182 valence electrons. The van der Waals surface area contributed by atoms with Crippen LogP contribution in [0.1, 0.15) is 30.6 Å². The summed E-state index contributed by atoms with van der Waals surface area (Å²) in [6, 6.07) is 13.5. The zero-order chi connectivity index (χ0) is 24.5. The van der Waals surface area contributed by atoms with Crippen LogP contribution in [0.15, 0.2) is 48.7 Å². The lowest BCUT2D eigenvalue weighted by Gasteiger charge is -2.43. The Labute approximate surface area is 201 Å². The van der Waals surface area contributed by atoms with E-state index >= 15 is 0 Å². The lowest BCUT2D eigenvalue weighted by Crippen LogP contribution is -2.48. The number of H-pyrrole nitrogens is 1. The SMILES string of the molecule is CO[C@H]1c2cc(NC(=O)Cc3c[nH]c4ccccc34)ccc2O[C@@H](C(CCO)[Si](C)(C)O)[C@@H]1C. The minimum atomic E-state index is -2.58. The predicted octanol–water partition coefficient (Wildman–Crippen LogP) is 4.38. The Bertz CT molecular complexity index is 1160. The van der Waals surface area contributed by atoms with E-state index in [4.69, 9.17) is 9.47 Å². The van der Waals surface area contributed by atoms with E-state index in [9.17, 15) is 14.7 Å². The van der Waals surface area contributed by atoms with E-state index in [0.29, 0.717) is 17.9 Å². The number of carbonyl (C=O) groups is 1. The molecule has 1 aliphatic rings. The molecule has 0 radical (unpaired) electrons. The molecule has 1 unspecified atom stereocenters. The van der Waals surface area contributed by atoms with Gasteiger partial charge in [-0.2, -0.15) is 0 Å². The molecule has 2 heterocycles. The molecule has 0 spiro atoms. The quantitative estimate of drug-likeness (QED) is 0.357. The summed E-state index contributed by atoms with van der Waals surface area (Å²) in [7, 11) is -0.919. The first-order valence-corrected chi connectivity index (χ1v) is 14.8. The molecule has 4 atom stereocenters. The Hall–Kier alpha value is -2.65. The molecule has 0 saturated carbocycles. The lowest BCUT2D eigenvalue weighted by atomic mass is 9.86. The molecule has 7 nitrogen and oxygen atoms in total. The normalized spacial score (nSPS) is 21.1. The van der Waals surface area contributed by atoms with Crippen molar-refractivity contribution in [2.24, 2.45) is 5.92 Å². The average Bonchev–Trinajstić information content (AvgIpc) is 3.19. The van der Waals surface area contributed by atoms with E-state index < -0.39 is 8.32 Å². The average molecular weight is 483 g/mol. The molecular weight excluding hydrogens is 448 g/mol. The number of para-hydroxylation sites is 1. The van der Waals surface area contributed by atoms with Gasteiger partial charge in [0.1, 0.15) is 11.9 Å².